The highest BCUT2D eigenvalue weighted by Gasteiger charge is 2.04. The highest BCUT2D eigenvalue weighted by molar-refractivity contribution is 5.87. The molecular weight excluding hydrogens is 240 g/mol. The van der Waals surface area contributed by atoms with Gasteiger partial charge in [0.05, 0.1) is 11.2 Å². The molecule has 0 spiro atoms. The summed E-state index contributed by atoms with van der Waals surface area (Å²) in [5.41, 5.74) is 1.53. The predicted molar refractivity (Wildman–Crippen MR) is 71.9 cm³/mol. The minimum atomic E-state index is -0.748. The molecule has 0 fully saturated rings. The number of carbonyl (C=O) groups excluding carboxylic acids is 1. The van der Waals surface area contributed by atoms with Crippen LogP contribution in [-0.2, 0) is 9.53 Å². The normalized spacial score (nSPS) is 12.2. The Balaban J connectivity index is 2.13. The molecule has 0 aliphatic rings. The molecule has 0 N–H and O–H groups in total. The van der Waals surface area contributed by atoms with Crippen molar-refractivity contribution in [1.82, 2.24) is 4.98 Å². The summed E-state index contributed by atoms with van der Waals surface area (Å²) in [6, 6.07) is 13.3. The second kappa shape index (κ2) is 5.78. The lowest BCUT2D eigenvalue weighted by atomic mass is 10.2. The van der Waals surface area contributed by atoms with Crippen molar-refractivity contribution in [2.45, 2.75) is 13.0 Å². The van der Waals surface area contributed by atoms with Crippen molar-refractivity contribution in [2.75, 3.05) is 0 Å². The van der Waals surface area contributed by atoms with Crippen molar-refractivity contribution in [3.8, 4) is 6.07 Å². The Kier molecular flexibility index (Phi) is 3.89. The molecule has 1 aromatic carbocycles. The fourth-order valence-electron chi connectivity index (χ4n) is 1.57. The molecule has 4 heteroatoms. The molecule has 1 aromatic heterocycles. The first-order valence-electron chi connectivity index (χ1n) is 5.83. The van der Waals surface area contributed by atoms with Crippen LogP contribution in [0.25, 0.3) is 17.0 Å². The lowest BCUT2D eigenvalue weighted by molar-refractivity contribution is -0.139. The fourth-order valence-corrected chi connectivity index (χ4v) is 1.57. The number of fused-ring (bicyclic) bond motifs is 1. The third kappa shape index (κ3) is 3.39. The smallest absolute Gasteiger partial charge is 0.332 e. The Morgan fingerprint density at radius 2 is 2.16 bits per heavy atom. The molecule has 0 amide bonds. The number of hydrogen-bond acceptors (Lipinski definition) is 4. The topological polar surface area (TPSA) is 63.0 Å². The van der Waals surface area contributed by atoms with Crippen LogP contribution in [0.2, 0.25) is 0 Å². The molecule has 0 bridgehead atoms. The van der Waals surface area contributed by atoms with E-state index in [1.165, 1.54) is 13.0 Å². The Labute approximate surface area is 111 Å². The van der Waals surface area contributed by atoms with Crippen LogP contribution in [0.15, 0.2) is 42.5 Å². The Bertz CT molecular complexity index is 671. The van der Waals surface area contributed by atoms with Gasteiger partial charge in [-0.05, 0) is 25.1 Å². The molecule has 0 unspecified atom stereocenters. The summed E-state index contributed by atoms with van der Waals surface area (Å²) >= 11 is 0. The Morgan fingerprint density at radius 3 is 2.95 bits per heavy atom. The SMILES string of the molecule is C[C@H](C#N)OC(=O)/C=C/c1ccc2ccccc2n1. The lowest BCUT2D eigenvalue weighted by Crippen LogP contribution is -2.10. The van der Waals surface area contributed by atoms with Crippen LogP contribution in [0.1, 0.15) is 12.6 Å². The lowest BCUT2D eigenvalue weighted by Gasteiger charge is -2.01. The summed E-state index contributed by atoms with van der Waals surface area (Å²) < 4.78 is 4.79. The van der Waals surface area contributed by atoms with Gasteiger partial charge < -0.3 is 4.74 Å². The van der Waals surface area contributed by atoms with Crippen LogP contribution >= 0.6 is 0 Å². The first-order valence-corrected chi connectivity index (χ1v) is 5.83. The van der Waals surface area contributed by atoms with Crippen molar-refractivity contribution in [3.05, 3.63) is 48.2 Å². The zero-order valence-electron chi connectivity index (χ0n) is 10.4. The molecule has 1 heterocycles. The highest BCUT2D eigenvalue weighted by Crippen LogP contribution is 2.12. The zero-order chi connectivity index (χ0) is 13.7. The van der Waals surface area contributed by atoms with Crippen molar-refractivity contribution >= 4 is 22.9 Å². The number of nitrogens with zero attached hydrogens (tertiary/aromatic N) is 2. The van der Waals surface area contributed by atoms with Crippen LogP contribution in [-0.4, -0.2) is 17.1 Å². The molecule has 0 saturated heterocycles. The van der Waals surface area contributed by atoms with Gasteiger partial charge in [0.2, 0.25) is 0 Å². The molecule has 0 radical (unpaired) electrons. The minimum Gasteiger partial charge on any atom is -0.444 e. The number of pyridine rings is 1. The summed E-state index contributed by atoms with van der Waals surface area (Å²) in [7, 11) is 0. The van der Waals surface area contributed by atoms with E-state index in [2.05, 4.69) is 4.98 Å². The van der Waals surface area contributed by atoms with E-state index in [9.17, 15) is 4.79 Å². The Morgan fingerprint density at radius 1 is 1.37 bits per heavy atom. The van der Waals surface area contributed by atoms with Crippen LogP contribution in [0.3, 0.4) is 0 Å². The van der Waals surface area contributed by atoms with Crippen LogP contribution in [0.5, 0.6) is 0 Å². The number of esters is 1. The fraction of sp³-hybridized carbons (Fsp3) is 0.133. The minimum absolute atomic E-state index is 0.552. The van der Waals surface area contributed by atoms with Crippen LogP contribution < -0.4 is 0 Å². The van der Waals surface area contributed by atoms with E-state index in [1.807, 2.05) is 42.5 Å². The van der Waals surface area contributed by atoms with Crippen molar-refractivity contribution in [2.24, 2.45) is 0 Å². The summed E-state index contributed by atoms with van der Waals surface area (Å²) in [6.07, 6.45) is 2.09. The number of aromatic nitrogens is 1. The zero-order valence-corrected chi connectivity index (χ0v) is 10.4. The first-order chi connectivity index (χ1) is 9.19. The number of benzene rings is 1. The van der Waals surface area contributed by atoms with Gasteiger partial charge in [-0.25, -0.2) is 9.78 Å². The van der Waals surface area contributed by atoms with Gasteiger partial charge >= 0.3 is 5.97 Å². The van der Waals surface area contributed by atoms with E-state index in [0.717, 1.165) is 10.9 Å². The molecule has 19 heavy (non-hydrogen) atoms. The average Bonchev–Trinajstić information content (AvgIpc) is 2.44. The molecule has 2 rings (SSSR count). The average molecular weight is 252 g/mol. The van der Waals surface area contributed by atoms with Gasteiger partial charge in [-0.15, -0.1) is 0 Å². The van der Waals surface area contributed by atoms with E-state index >= 15 is 0 Å². The van der Waals surface area contributed by atoms with E-state index in [1.54, 1.807) is 6.08 Å². The number of rotatable bonds is 3. The van der Waals surface area contributed by atoms with Crippen LogP contribution in [0.4, 0.5) is 0 Å². The van der Waals surface area contributed by atoms with Gasteiger partial charge in [-0.3, -0.25) is 0 Å². The molecular formula is C15H12N2O2. The second-order valence-corrected chi connectivity index (χ2v) is 3.97. The third-order valence-corrected chi connectivity index (χ3v) is 2.48. The van der Waals surface area contributed by atoms with E-state index < -0.39 is 12.1 Å². The molecule has 94 valence electrons. The van der Waals surface area contributed by atoms with E-state index in [0.29, 0.717) is 5.69 Å². The standard InChI is InChI=1S/C15H12N2O2/c1-11(10-16)19-15(18)9-8-13-7-6-12-4-2-3-5-14(12)17-13/h2-9,11H,1H3/b9-8+/t11-/m1/s1. The molecule has 2 aromatic rings. The predicted octanol–water partition coefficient (Wildman–Crippen LogP) is 2.70. The summed E-state index contributed by atoms with van der Waals surface area (Å²) in [5, 5.41) is 9.57. The Hall–Kier alpha value is -2.67. The highest BCUT2D eigenvalue weighted by atomic mass is 16.5. The maximum atomic E-state index is 11.4. The maximum Gasteiger partial charge on any atom is 0.332 e. The van der Waals surface area contributed by atoms with Crippen LogP contribution in [0, 0.1) is 11.3 Å². The molecule has 4 nitrogen and oxygen atoms in total. The number of nitriles is 1. The molecule has 0 aliphatic heterocycles. The third-order valence-electron chi connectivity index (χ3n) is 2.48. The quantitative estimate of drug-likeness (QED) is 0.622. The van der Waals surface area contributed by atoms with Crippen molar-refractivity contribution < 1.29 is 9.53 Å². The van der Waals surface area contributed by atoms with Gasteiger partial charge in [0.25, 0.3) is 0 Å². The number of carbonyl (C=O) groups is 1. The van der Waals surface area contributed by atoms with Gasteiger partial charge in [0.1, 0.15) is 6.07 Å². The van der Waals surface area contributed by atoms with Crippen molar-refractivity contribution in [1.29, 1.82) is 5.26 Å². The number of ether oxygens (including phenoxy) is 1. The van der Waals surface area contributed by atoms with Gasteiger partial charge in [0, 0.05) is 11.5 Å². The summed E-state index contributed by atoms with van der Waals surface area (Å²) in [5.74, 6) is -0.552. The second-order valence-electron chi connectivity index (χ2n) is 3.97. The first kappa shape index (κ1) is 12.8. The molecule has 0 aliphatic carbocycles. The van der Waals surface area contributed by atoms with Crippen molar-refractivity contribution in [3.63, 3.8) is 0 Å². The molecule has 1 atom stereocenters. The van der Waals surface area contributed by atoms with Gasteiger partial charge in [-0.1, -0.05) is 24.3 Å². The monoisotopic (exact) mass is 252 g/mol. The summed E-state index contributed by atoms with van der Waals surface area (Å²) in [6.45, 7) is 1.51. The molecule has 0 saturated carbocycles. The van der Waals surface area contributed by atoms with E-state index in [-0.39, 0.29) is 0 Å². The maximum absolute atomic E-state index is 11.4. The number of para-hydroxylation sites is 1. The van der Waals surface area contributed by atoms with E-state index in [4.69, 9.17) is 10.00 Å². The summed E-state index contributed by atoms with van der Waals surface area (Å²) in [4.78, 5) is 15.7. The van der Waals surface area contributed by atoms with Gasteiger partial charge in [-0.2, -0.15) is 5.26 Å². The largest absolute Gasteiger partial charge is 0.444 e. The number of hydrogen-bond donors (Lipinski definition) is 0. The van der Waals surface area contributed by atoms with Gasteiger partial charge in [0.15, 0.2) is 6.10 Å².